The predicted molar refractivity (Wildman–Crippen MR) is 82.4 cm³/mol. The van der Waals surface area contributed by atoms with E-state index in [0.717, 1.165) is 6.54 Å². The molecule has 1 aliphatic carbocycles. The minimum atomic E-state index is 0.309. The van der Waals surface area contributed by atoms with Gasteiger partial charge in [-0.3, -0.25) is 0 Å². The fraction of sp³-hybridized carbons (Fsp3) is 0.647. The molecule has 0 aromatic heterocycles. The van der Waals surface area contributed by atoms with Gasteiger partial charge in [0.1, 0.15) is 0 Å². The van der Waals surface area contributed by atoms with Gasteiger partial charge < -0.3 is 10.6 Å². The first-order chi connectivity index (χ1) is 8.91. The molecular weight excluding hydrogens is 232 g/mol. The summed E-state index contributed by atoms with van der Waals surface area (Å²) in [7, 11) is 4.36. The van der Waals surface area contributed by atoms with Crippen LogP contribution in [0.25, 0.3) is 0 Å². The maximum absolute atomic E-state index is 6.07. The molecule has 0 saturated heterocycles. The maximum Gasteiger partial charge on any atom is 0.0413 e. The van der Waals surface area contributed by atoms with Crippen molar-refractivity contribution in [2.75, 3.05) is 20.6 Å². The molecule has 1 aromatic rings. The largest absolute Gasteiger partial charge is 0.330 e. The Bertz CT molecular complexity index is 445. The van der Waals surface area contributed by atoms with Crippen LogP contribution in [0, 0.1) is 12.3 Å². The van der Waals surface area contributed by atoms with Gasteiger partial charge in [-0.1, -0.05) is 32.0 Å². The van der Waals surface area contributed by atoms with E-state index in [4.69, 9.17) is 5.73 Å². The zero-order valence-electron chi connectivity index (χ0n) is 13.0. The lowest BCUT2D eigenvalue weighted by Crippen LogP contribution is -2.34. The van der Waals surface area contributed by atoms with Crippen molar-refractivity contribution in [1.29, 1.82) is 0 Å². The van der Waals surface area contributed by atoms with E-state index in [9.17, 15) is 0 Å². The molecule has 0 spiro atoms. The van der Waals surface area contributed by atoms with Gasteiger partial charge in [0.15, 0.2) is 0 Å². The van der Waals surface area contributed by atoms with Crippen molar-refractivity contribution in [1.82, 2.24) is 4.90 Å². The topological polar surface area (TPSA) is 29.3 Å². The van der Waals surface area contributed by atoms with E-state index in [-0.39, 0.29) is 0 Å². The summed E-state index contributed by atoms with van der Waals surface area (Å²) < 4.78 is 0. The Morgan fingerprint density at radius 3 is 2.32 bits per heavy atom. The number of benzene rings is 1. The Labute approximate surface area is 118 Å². The molecule has 0 amide bonds. The predicted octanol–water partition coefficient (Wildman–Crippen LogP) is 3.46. The lowest BCUT2D eigenvalue weighted by molar-refractivity contribution is 0.197. The molecule has 0 aliphatic heterocycles. The van der Waals surface area contributed by atoms with Crippen LogP contribution >= 0.6 is 0 Å². The molecule has 1 atom stereocenters. The Balaban J connectivity index is 2.45. The van der Waals surface area contributed by atoms with E-state index in [1.165, 1.54) is 29.5 Å². The summed E-state index contributed by atoms with van der Waals surface area (Å²) in [4.78, 5) is 2.35. The van der Waals surface area contributed by atoms with Crippen molar-refractivity contribution in [3.05, 3.63) is 34.9 Å². The fourth-order valence-electron chi connectivity index (χ4n) is 3.22. The number of nitrogens with zero attached hydrogens (tertiary/aromatic N) is 1. The molecule has 1 unspecified atom stereocenters. The molecule has 19 heavy (non-hydrogen) atoms. The van der Waals surface area contributed by atoms with Gasteiger partial charge in [-0.15, -0.1) is 0 Å². The van der Waals surface area contributed by atoms with Gasteiger partial charge in [-0.2, -0.15) is 0 Å². The van der Waals surface area contributed by atoms with Crippen molar-refractivity contribution < 1.29 is 0 Å². The second-order valence-electron chi connectivity index (χ2n) is 6.70. The quantitative estimate of drug-likeness (QED) is 0.878. The third kappa shape index (κ3) is 2.70. The molecule has 1 fully saturated rings. The lowest BCUT2D eigenvalue weighted by atomic mass is 9.85. The van der Waals surface area contributed by atoms with Crippen LogP contribution in [0.5, 0.6) is 0 Å². The second-order valence-corrected chi connectivity index (χ2v) is 6.70. The first-order valence-electron chi connectivity index (χ1n) is 7.38. The second kappa shape index (κ2) is 5.26. The summed E-state index contributed by atoms with van der Waals surface area (Å²) >= 11 is 0. The number of hydrogen-bond donors (Lipinski definition) is 1. The van der Waals surface area contributed by atoms with Crippen molar-refractivity contribution in [2.45, 2.75) is 45.6 Å². The Hall–Kier alpha value is -0.860. The van der Waals surface area contributed by atoms with Gasteiger partial charge >= 0.3 is 0 Å². The lowest BCUT2D eigenvalue weighted by Gasteiger charge is -2.34. The molecule has 106 valence electrons. The highest BCUT2D eigenvalue weighted by atomic mass is 15.1. The molecule has 1 saturated carbocycles. The minimum absolute atomic E-state index is 0.309. The smallest absolute Gasteiger partial charge is 0.0413 e. The number of hydrogen-bond acceptors (Lipinski definition) is 2. The SMILES string of the molecule is Cc1ccc(C(C)C)cc1C(N(C)C)C1(CN)CC1. The molecule has 0 heterocycles. The first-order valence-corrected chi connectivity index (χ1v) is 7.38. The molecule has 0 radical (unpaired) electrons. The highest BCUT2D eigenvalue weighted by Crippen LogP contribution is 2.56. The molecule has 1 aromatic carbocycles. The summed E-state index contributed by atoms with van der Waals surface area (Å²) in [6, 6.07) is 7.39. The molecule has 2 heteroatoms. The van der Waals surface area contributed by atoms with E-state index in [0.29, 0.717) is 17.4 Å². The van der Waals surface area contributed by atoms with E-state index in [1.807, 2.05) is 0 Å². The summed E-state index contributed by atoms with van der Waals surface area (Å²) in [5.41, 5.74) is 10.7. The average molecular weight is 260 g/mol. The average Bonchev–Trinajstić information content (AvgIpc) is 3.12. The van der Waals surface area contributed by atoms with E-state index < -0.39 is 0 Å². The molecule has 1 aliphatic rings. The van der Waals surface area contributed by atoms with E-state index >= 15 is 0 Å². The number of aryl methyl sites for hydroxylation is 1. The monoisotopic (exact) mass is 260 g/mol. The van der Waals surface area contributed by atoms with Gasteiger partial charge in [-0.05, 0) is 63.0 Å². The standard InChI is InChI=1S/C17H28N2/c1-12(2)14-7-6-13(3)15(10-14)16(19(4)5)17(11-18)8-9-17/h6-7,10,12,16H,8-9,11,18H2,1-5H3. The van der Waals surface area contributed by atoms with Crippen LogP contribution in [0.2, 0.25) is 0 Å². The van der Waals surface area contributed by atoms with Crippen LogP contribution in [-0.4, -0.2) is 25.5 Å². The summed E-state index contributed by atoms with van der Waals surface area (Å²) in [5.74, 6) is 0.579. The first kappa shape index (κ1) is 14.5. The van der Waals surface area contributed by atoms with Gasteiger partial charge in [0, 0.05) is 11.5 Å². The van der Waals surface area contributed by atoms with Crippen LogP contribution in [0.1, 0.15) is 55.3 Å². The van der Waals surface area contributed by atoms with Gasteiger partial charge in [0.25, 0.3) is 0 Å². The fourth-order valence-corrected chi connectivity index (χ4v) is 3.22. The van der Waals surface area contributed by atoms with Crippen LogP contribution < -0.4 is 5.73 Å². The number of rotatable bonds is 5. The number of nitrogens with two attached hydrogens (primary N) is 1. The maximum atomic E-state index is 6.07. The van der Waals surface area contributed by atoms with Gasteiger partial charge in [0.2, 0.25) is 0 Å². The van der Waals surface area contributed by atoms with Crippen LogP contribution in [0.4, 0.5) is 0 Å². The Kier molecular flexibility index (Phi) is 4.03. The van der Waals surface area contributed by atoms with Gasteiger partial charge in [0.05, 0.1) is 0 Å². The van der Waals surface area contributed by atoms with Crippen molar-refractivity contribution >= 4 is 0 Å². The summed E-state index contributed by atoms with van der Waals surface area (Å²) in [6.45, 7) is 7.54. The van der Waals surface area contributed by atoms with Crippen LogP contribution in [-0.2, 0) is 0 Å². The molecule has 0 bridgehead atoms. The zero-order chi connectivity index (χ0) is 14.2. The van der Waals surface area contributed by atoms with Crippen molar-refractivity contribution in [3.63, 3.8) is 0 Å². The highest BCUT2D eigenvalue weighted by molar-refractivity contribution is 5.37. The Morgan fingerprint density at radius 2 is 1.89 bits per heavy atom. The third-order valence-corrected chi connectivity index (χ3v) is 4.66. The van der Waals surface area contributed by atoms with Crippen LogP contribution in [0.15, 0.2) is 18.2 Å². The molecule has 2 nitrogen and oxygen atoms in total. The minimum Gasteiger partial charge on any atom is -0.330 e. The summed E-state index contributed by atoms with van der Waals surface area (Å²) in [5, 5.41) is 0. The molecular formula is C17H28N2. The van der Waals surface area contributed by atoms with Gasteiger partial charge in [-0.25, -0.2) is 0 Å². The molecule has 2 rings (SSSR count). The van der Waals surface area contributed by atoms with E-state index in [1.54, 1.807) is 0 Å². The van der Waals surface area contributed by atoms with E-state index in [2.05, 4.69) is 58.0 Å². The normalized spacial score (nSPS) is 18.9. The van der Waals surface area contributed by atoms with Crippen LogP contribution in [0.3, 0.4) is 0 Å². The van der Waals surface area contributed by atoms with Crippen molar-refractivity contribution in [2.24, 2.45) is 11.1 Å². The third-order valence-electron chi connectivity index (χ3n) is 4.66. The highest BCUT2D eigenvalue weighted by Gasteiger charge is 2.50. The van der Waals surface area contributed by atoms with Crippen molar-refractivity contribution in [3.8, 4) is 0 Å². The zero-order valence-corrected chi connectivity index (χ0v) is 13.0. The molecule has 2 N–H and O–H groups in total. The summed E-state index contributed by atoms with van der Waals surface area (Å²) in [6.07, 6.45) is 2.52. The Morgan fingerprint density at radius 1 is 1.26 bits per heavy atom.